The first-order valence-electron chi connectivity index (χ1n) is 4.69. The number of ether oxygens (including phenoxy) is 2. The lowest BCUT2D eigenvalue weighted by Crippen LogP contribution is -2.22. The van der Waals surface area contributed by atoms with Crippen LogP contribution in [0.15, 0.2) is 0 Å². The van der Waals surface area contributed by atoms with E-state index in [1.165, 1.54) is 19.3 Å². The monoisotopic (exact) mass is 282 g/mol. The van der Waals surface area contributed by atoms with Crippen LogP contribution in [0, 0.1) is 5.92 Å². The van der Waals surface area contributed by atoms with Gasteiger partial charge in [0.2, 0.25) is 0 Å². The van der Waals surface area contributed by atoms with Crippen molar-refractivity contribution in [3.63, 3.8) is 0 Å². The second-order valence-corrected chi connectivity index (χ2v) is 5.29. The molecule has 1 aliphatic heterocycles. The molecule has 0 aromatic carbocycles. The first-order valence-corrected chi connectivity index (χ1v) is 5.94. The summed E-state index contributed by atoms with van der Waals surface area (Å²) >= 11 is 2.42. The van der Waals surface area contributed by atoms with Gasteiger partial charge in [0.25, 0.3) is 0 Å². The third-order valence-electron chi connectivity index (χ3n) is 2.52. The van der Waals surface area contributed by atoms with Gasteiger partial charge in [-0.05, 0) is 12.3 Å². The average Bonchev–Trinajstić information content (AvgIpc) is 2.78. The van der Waals surface area contributed by atoms with Gasteiger partial charge in [0, 0.05) is 6.61 Å². The maximum Gasteiger partial charge on any atom is 0.0948 e. The third kappa shape index (κ3) is 2.57. The number of alkyl halides is 1. The molecule has 1 heterocycles. The van der Waals surface area contributed by atoms with Gasteiger partial charge in [-0.15, -0.1) is 0 Å². The molecule has 2 nitrogen and oxygen atoms in total. The molecule has 0 bridgehead atoms. The minimum atomic E-state index is 0.365. The van der Waals surface area contributed by atoms with E-state index in [2.05, 4.69) is 22.6 Å². The number of rotatable bonds is 4. The van der Waals surface area contributed by atoms with E-state index in [9.17, 15) is 0 Å². The highest BCUT2D eigenvalue weighted by Crippen LogP contribution is 2.32. The predicted molar refractivity (Wildman–Crippen MR) is 55.7 cm³/mol. The van der Waals surface area contributed by atoms with Gasteiger partial charge >= 0.3 is 0 Å². The van der Waals surface area contributed by atoms with Crippen LogP contribution in [0.5, 0.6) is 0 Å². The summed E-state index contributed by atoms with van der Waals surface area (Å²) in [4.78, 5) is 0. The van der Waals surface area contributed by atoms with E-state index in [-0.39, 0.29) is 0 Å². The highest BCUT2D eigenvalue weighted by molar-refractivity contribution is 14.1. The van der Waals surface area contributed by atoms with Crippen molar-refractivity contribution in [2.45, 2.75) is 29.3 Å². The standard InChI is InChI=1S/C9H15IO2/c10-8-5-11-6-9(8)12-4-3-7-1-2-7/h7-9H,1-6H2. The van der Waals surface area contributed by atoms with Crippen LogP contribution in [-0.2, 0) is 9.47 Å². The van der Waals surface area contributed by atoms with E-state index < -0.39 is 0 Å². The SMILES string of the molecule is IC1COCC1OCCC1CC1. The highest BCUT2D eigenvalue weighted by atomic mass is 127. The number of hydrogen-bond donors (Lipinski definition) is 0. The molecular formula is C9H15IO2. The lowest BCUT2D eigenvalue weighted by molar-refractivity contribution is 0.0423. The van der Waals surface area contributed by atoms with Crippen molar-refractivity contribution >= 4 is 22.6 Å². The average molecular weight is 282 g/mol. The van der Waals surface area contributed by atoms with Crippen molar-refractivity contribution in [1.82, 2.24) is 0 Å². The molecule has 1 saturated carbocycles. The lowest BCUT2D eigenvalue weighted by atomic mass is 10.3. The Kier molecular flexibility index (Phi) is 3.26. The lowest BCUT2D eigenvalue weighted by Gasteiger charge is -2.12. The van der Waals surface area contributed by atoms with E-state index in [1.807, 2.05) is 0 Å². The number of halogens is 1. The smallest absolute Gasteiger partial charge is 0.0948 e. The van der Waals surface area contributed by atoms with Gasteiger partial charge in [-0.1, -0.05) is 35.4 Å². The van der Waals surface area contributed by atoms with Crippen LogP contribution in [0.2, 0.25) is 0 Å². The van der Waals surface area contributed by atoms with Crippen LogP contribution in [0.1, 0.15) is 19.3 Å². The minimum Gasteiger partial charge on any atom is -0.378 e. The molecule has 2 fully saturated rings. The van der Waals surface area contributed by atoms with Gasteiger partial charge in [-0.3, -0.25) is 0 Å². The van der Waals surface area contributed by atoms with Crippen molar-refractivity contribution in [3.05, 3.63) is 0 Å². The zero-order chi connectivity index (χ0) is 8.39. The maximum atomic E-state index is 5.73. The molecule has 70 valence electrons. The van der Waals surface area contributed by atoms with Crippen LogP contribution in [0.25, 0.3) is 0 Å². The second kappa shape index (κ2) is 4.24. The summed E-state index contributed by atoms with van der Waals surface area (Å²) in [6.45, 7) is 2.62. The summed E-state index contributed by atoms with van der Waals surface area (Å²) in [6.07, 6.45) is 4.49. The molecule has 1 aliphatic carbocycles. The Morgan fingerprint density at radius 2 is 2.17 bits per heavy atom. The molecule has 0 aromatic rings. The van der Waals surface area contributed by atoms with Crippen LogP contribution >= 0.6 is 22.6 Å². The molecule has 3 heteroatoms. The molecule has 0 N–H and O–H groups in total. The van der Waals surface area contributed by atoms with Gasteiger partial charge in [0.1, 0.15) is 0 Å². The Labute approximate surface area is 87.1 Å². The molecular weight excluding hydrogens is 267 g/mol. The Morgan fingerprint density at radius 3 is 2.75 bits per heavy atom. The predicted octanol–water partition coefficient (Wildman–Crippen LogP) is 2.01. The van der Waals surface area contributed by atoms with Crippen LogP contribution in [0.4, 0.5) is 0 Å². The van der Waals surface area contributed by atoms with E-state index in [1.54, 1.807) is 0 Å². The molecule has 2 aliphatic rings. The molecule has 0 spiro atoms. The number of hydrogen-bond acceptors (Lipinski definition) is 2. The van der Waals surface area contributed by atoms with Gasteiger partial charge < -0.3 is 9.47 Å². The molecule has 2 unspecified atom stereocenters. The minimum absolute atomic E-state index is 0.365. The summed E-state index contributed by atoms with van der Waals surface area (Å²) in [5.41, 5.74) is 0. The third-order valence-corrected chi connectivity index (χ3v) is 3.68. The Morgan fingerprint density at radius 1 is 1.33 bits per heavy atom. The van der Waals surface area contributed by atoms with E-state index in [4.69, 9.17) is 9.47 Å². The summed E-state index contributed by atoms with van der Waals surface area (Å²) in [5.74, 6) is 0.986. The quantitative estimate of drug-likeness (QED) is 0.580. The molecule has 1 saturated heterocycles. The molecule has 12 heavy (non-hydrogen) atoms. The summed E-state index contributed by atoms with van der Waals surface area (Å²) in [5, 5.41) is 0. The zero-order valence-electron chi connectivity index (χ0n) is 7.17. The van der Waals surface area contributed by atoms with E-state index in [0.29, 0.717) is 10.0 Å². The van der Waals surface area contributed by atoms with Gasteiger partial charge in [0.15, 0.2) is 0 Å². The van der Waals surface area contributed by atoms with Crippen molar-refractivity contribution in [1.29, 1.82) is 0 Å². The Hall–Kier alpha value is 0.650. The molecule has 2 rings (SSSR count). The fourth-order valence-electron chi connectivity index (χ4n) is 1.45. The fourth-order valence-corrected chi connectivity index (χ4v) is 2.12. The molecule has 0 radical (unpaired) electrons. The van der Waals surface area contributed by atoms with Crippen LogP contribution in [0.3, 0.4) is 0 Å². The van der Waals surface area contributed by atoms with Crippen molar-refractivity contribution in [3.8, 4) is 0 Å². The highest BCUT2D eigenvalue weighted by Gasteiger charge is 2.27. The first-order chi connectivity index (χ1) is 5.86. The van der Waals surface area contributed by atoms with Crippen molar-refractivity contribution in [2.24, 2.45) is 5.92 Å². The van der Waals surface area contributed by atoms with Crippen LogP contribution in [-0.4, -0.2) is 29.8 Å². The summed E-state index contributed by atoms with van der Waals surface area (Å²) in [6, 6.07) is 0. The first kappa shape index (κ1) is 9.21. The van der Waals surface area contributed by atoms with Crippen molar-refractivity contribution in [2.75, 3.05) is 19.8 Å². The second-order valence-electron chi connectivity index (χ2n) is 3.69. The van der Waals surface area contributed by atoms with E-state index >= 15 is 0 Å². The van der Waals surface area contributed by atoms with Crippen molar-refractivity contribution < 1.29 is 9.47 Å². The Bertz CT molecular complexity index is 147. The van der Waals surface area contributed by atoms with Gasteiger partial charge in [-0.25, -0.2) is 0 Å². The van der Waals surface area contributed by atoms with Gasteiger partial charge in [0.05, 0.1) is 23.2 Å². The Balaban J connectivity index is 1.58. The topological polar surface area (TPSA) is 18.5 Å². The maximum absolute atomic E-state index is 5.73. The largest absolute Gasteiger partial charge is 0.378 e. The normalized spacial score (nSPS) is 35.8. The molecule has 0 aromatic heterocycles. The zero-order valence-corrected chi connectivity index (χ0v) is 9.33. The fraction of sp³-hybridized carbons (Fsp3) is 1.00. The molecule has 2 atom stereocenters. The summed E-state index contributed by atoms with van der Waals surface area (Å²) < 4.78 is 11.6. The van der Waals surface area contributed by atoms with E-state index in [0.717, 1.165) is 25.7 Å². The van der Waals surface area contributed by atoms with Crippen LogP contribution < -0.4 is 0 Å². The summed E-state index contributed by atoms with van der Waals surface area (Å²) in [7, 11) is 0. The van der Waals surface area contributed by atoms with Gasteiger partial charge in [-0.2, -0.15) is 0 Å². The molecule has 0 amide bonds.